The fourth-order valence-electron chi connectivity index (χ4n) is 3.13. The SMILES string of the molecule is O=C(Cc1nn[nH]n1)N1CCN(C2CCSCC2)CC(O)C1. The number of aliphatic hydroxyl groups is 1. The van der Waals surface area contributed by atoms with E-state index < -0.39 is 6.10 Å². The number of β-amino-alcohol motifs (C(OH)–C–C–N with tert-alkyl or cyclic N) is 1. The molecule has 0 saturated carbocycles. The molecule has 1 atom stereocenters. The lowest BCUT2D eigenvalue weighted by Crippen LogP contribution is -2.42. The van der Waals surface area contributed by atoms with Crippen LogP contribution in [0.25, 0.3) is 0 Å². The maximum atomic E-state index is 12.3. The van der Waals surface area contributed by atoms with Crippen molar-refractivity contribution in [1.82, 2.24) is 30.4 Å². The van der Waals surface area contributed by atoms with Crippen molar-refractivity contribution in [1.29, 1.82) is 0 Å². The van der Waals surface area contributed by atoms with Gasteiger partial charge in [-0.25, -0.2) is 0 Å². The summed E-state index contributed by atoms with van der Waals surface area (Å²) in [6, 6.07) is 0.545. The third-order valence-electron chi connectivity index (χ3n) is 4.29. The third kappa shape index (κ3) is 3.96. The van der Waals surface area contributed by atoms with Crippen molar-refractivity contribution in [3.05, 3.63) is 5.82 Å². The summed E-state index contributed by atoms with van der Waals surface area (Å²) in [7, 11) is 0. The van der Waals surface area contributed by atoms with Crippen LogP contribution in [0.5, 0.6) is 0 Å². The van der Waals surface area contributed by atoms with E-state index >= 15 is 0 Å². The molecular weight excluding hydrogens is 304 g/mol. The van der Waals surface area contributed by atoms with Gasteiger partial charge >= 0.3 is 0 Å². The number of nitrogens with zero attached hydrogens (tertiary/aromatic N) is 5. The minimum absolute atomic E-state index is 0.0542. The third-order valence-corrected chi connectivity index (χ3v) is 5.34. The second kappa shape index (κ2) is 7.38. The van der Waals surface area contributed by atoms with Crippen LogP contribution in [0.2, 0.25) is 0 Å². The Morgan fingerprint density at radius 2 is 2.14 bits per heavy atom. The van der Waals surface area contributed by atoms with Gasteiger partial charge in [0.15, 0.2) is 5.82 Å². The van der Waals surface area contributed by atoms with Crippen LogP contribution in [0.3, 0.4) is 0 Å². The number of nitrogens with one attached hydrogen (secondary N) is 1. The average molecular weight is 326 g/mol. The molecular formula is C13H22N6O2S. The molecule has 2 aliphatic rings. The highest BCUT2D eigenvalue weighted by Crippen LogP contribution is 2.23. The number of carbonyl (C=O) groups is 1. The Balaban J connectivity index is 1.57. The number of amides is 1. The van der Waals surface area contributed by atoms with Gasteiger partial charge in [-0.3, -0.25) is 9.69 Å². The number of aromatic nitrogens is 4. The summed E-state index contributed by atoms with van der Waals surface area (Å²) < 4.78 is 0. The Kier molecular flexibility index (Phi) is 5.27. The number of tetrazole rings is 1. The molecule has 0 spiro atoms. The molecule has 3 heterocycles. The number of rotatable bonds is 3. The number of H-pyrrole nitrogens is 1. The molecule has 8 nitrogen and oxygen atoms in total. The number of hydrogen-bond acceptors (Lipinski definition) is 7. The van der Waals surface area contributed by atoms with Crippen LogP contribution in [0, 0.1) is 0 Å². The van der Waals surface area contributed by atoms with E-state index in [4.69, 9.17) is 0 Å². The Bertz CT molecular complexity index is 479. The van der Waals surface area contributed by atoms with Gasteiger partial charge in [0.1, 0.15) is 0 Å². The summed E-state index contributed by atoms with van der Waals surface area (Å²) >= 11 is 2.00. The molecule has 2 fully saturated rings. The normalized spacial score (nSPS) is 25.1. The summed E-state index contributed by atoms with van der Waals surface area (Å²) in [6.07, 6.45) is 1.98. The molecule has 22 heavy (non-hydrogen) atoms. The molecule has 1 aromatic rings. The minimum atomic E-state index is -0.494. The fourth-order valence-corrected chi connectivity index (χ4v) is 4.21. The summed E-state index contributed by atoms with van der Waals surface area (Å²) in [6.45, 7) is 2.51. The molecule has 2 N–H and O–H groups in total. The molecule has 1 aromatic heterocycles. The Morgan fingerprint density at radius 1 is 1.32 bits per heavy atom. The van der Waals surface area contributed by atoms with Gasteiger partial charge < -0.3 is 10.0 Å². The van der Waals surface area contributed by atoms with Gasteiger partial charge in [-0.1, -0.05) is 5.21 Å². The van der Waals surface area contributed by atoms with E-state index in [1.54, 1.807) is 4.90 Å². The van der Waals surface area contributed by atoms with E-state index in [-0.39, 0.29) is 12.3 Å². The van der Waals surface area contributed by atoms with Gasteiger partial charge in [0.25, 0.3) is 0 Å². The molecule has 9 heteroatoms. The largest absolute Gasteiger partial charge is 0.390 e. The zero-order valence-corrected chi connectivity index (χ0v) is 13.3. The lowest BCUT2D eigenvalue weighted by atomic mass is 10.1. The van der Waals surface area contributed by atoms with Gasteiger partial charge in [-0.15, -0.1) is 10.2 Å². The molecule has 0 radical (unpaired) electrons. The highest BCUT2D eigenvalue weighted by Gasteiger charge is 2.29. The van der Waals surface area contributed by atoms with E-state index in [1.807, 2.05) is 11.8 Å². The Labute approximate surface area is 133 Å². The van der Waals surface area contributed by atoms with Crippen molar-refractivity contribution in [3.8, 4) is 0 Å². The van der Waals surface area contributed by atoms with Gasteiger partial charge in [0, 0.05) is 32.2 Å². The molecule has 0 bridgehead atoms. The van der Waals surface area contributed by atoms with E-state index in [2.05, 4.69) is 25.5 Å². The lowest BCUT2D eigenvalue weighted by molar-refractivity contribution is -0.131. The second-order valence-electron chi connectivity index (χ2n) is 5.84. The first-order valence-electron chi connectivity index (χ1n) is 7.72. The fraction of sp³-hybridized carbons (Fsp3) is 0.846. The molecule has 2 saturated heterocycles. The summed E-state index contributed by atoms with van der Waals surface area (Å²) in [4.78, 5) is 16.4. The highest BCUT2D eigenvalue weighted by molar-refractivity contribution is 7.99. The van der Waals surface area contributed by atoms with Crippen molar-refractivity contribution in [2.45, 2.75) is 31.4 Å². The first-order valence-corrected chi connectivity index (χ1v) is 8.88. The summed E-state index contributed by atoms with van der Waals surface area (Å²) in [5.74, 6) is 2.72. The van der Waals surface area contributed by atoms with Crippen LogP contribution >= 0.6 is 11.8 Å². The topological polar surface area (TPSA) is 98.2 Å². The van der Waals surface area contributed by atoms with Crippen molar-refractivity contribution < 1.29 is 9.90 Å². The predicted molar refractivity (Wildman–Crippen MR) is 82.4 cm³/mol. The maximum absolute atomic E-state index is 12.3. The van der Waals surface area contributed by atoms with Crippen LogP contribution in [0.15, 0.2) is 0 Å². The quantitative estimate of drug-likeness (QED) is 0.746. The molecule has 122 valence electrons. The minimum Gasteiger partial charge on any atom is -0.390 e. The zero-order chi connectivity index (χ0) is 15.4. The zero-order valence-electron chi connectivity index (χ0n) is 12.5. The average Bonchev–Trinajstić information content (AvgIpc) is 2.95. The van der Waals surface area contributed by atoms with Crippen LogP contribution in [0.4, 0.5) is 0 Å². The molecule has 1 amide bonds. The Hall–Kier alpha value is -1.19. The van der Waals surface area contributed by atoms with E-state index in [1.165, 1.54) is 24.3 Å². The summed E-state index contributed by atoms with van der Waals surface area (Å²) in [5.41, 5.74) is 0. The van der Waals surface area contributed by atoms with E-state index in [0.29, 0.717) is 31.5 Å². The van der Waals surface area contributed by atoms with Crippen LogP contribution < -0.4 is 0 Å². The van der Waals surface area contributed by atoms with Crippen LogP contribution in [-0.4, -0.2) is 91.3 Å². The maximum Gasteiger partial charge on any atom is 0.230 e. The molecule has 0 aromatic carbocycles. The Morgan fingerprint density at radius 3 is 2.86 bits per heavy atom. The summed E-state index contributed by atoms with van der Waals surface area (Å²) in [5, 5.41) is 23.7. The van der Waals surface area contributed by atoms with Crippen molar-refractivity contribution in [3.63, 3.8) is 0 Å². The molecule has 1 unspecified atom stereocenters. The number of aliphatic hydroxyl groups excluding tert-OH is 1. The van der Waals surface area contributed by atoms with E-state index in [0.717, 1.165) is 6.54 Å². The van der Waals surface area contributed by atoms with Crippen LogP contribution in [0.1, 0.15) is 18.7 Å². The van der Waals surface area contributed by atoms with Crippen LogP contribution in [-0.2, 0) is 11.2 Å². The highest BCUT2D eigenvalue weighted by atomic mass is 32.2. The number of hydrogen-bond donors (Lipinski definition) is 2. The van der Waals surface area contributed by atoms with Crippen molar-refractivity contribution in [2.24, 2.45) is 0 Å². The van der Waals surface area contributed by atoms with Crippen molar-refractivity contribution >= 4 is 17.7 Å². The van der Waals surface area contributed by atoms with E-state index in [9.17, 15) is 9.90 Å². The number of carbonyl (C=O) groups excluding carboxylic acids is 1. The lowest BCUT2D eigenvalue weighted by Gasteiger charge is -2.33. The molecule has 3 rings (SSSR count). The van der Waals surface area contributed by atoms with Gasteiger partial charge in [0.05, 0.1) is 12.5 Å². The standard InChI is InChI=1S/C13H22N6O2S/c20-11-8-18(10-1-5-22-6-2-10)3-4-19(9-11)13(21)7-12-14-16-17-15-12/h10-11,20H,1-9H2,(H,14,15,16,17). The van der Waals surface area contributed by atoms with Crippen molar-refractivity contribution in [2.75, 3.05) is 37.7 Å². The van der Waals surface area contributed by atoms with Gasteiger partial charge in [-0.2, -0.15) is 17.0 Å². The predicted octanol–water partition coefficient (Wildman–Crippen LogP) is -0.857. The number of thioether (sulfide) groups is 1. The van der Waals surface area contributed by atoms with Gasteiger partial charge in [0.2, 0.25) is 5.91 Å². The number of aromatic amines is 1. The van der Waals surface area contributed by atoms with Gasteiger partial charge in [-0.05, 0) is 24.3 Å². The first kappa shape index (κ1) is 15.7. The smallest absolute Gasteiger partial charge is 0.230 e. The monoisotopic (exact) mass is 326 g/mol. The molecule has 2 aliphatic heterocycles. The second-order valence-corrected chi connectivity index (χ2v) is 7.06. The molecule has 0 aliphatic carbocycles. The first-order chi connectivity index (χ1) is 10.7.